The summed E-state index contributed by atoms with van der Waals surface area (Å²) >= 11 is 1.30. The van der Waals surface area contributed by atoms with Crippen molar-refractivity contribution in [2.75, 3.05) is 30.9 Å². The zero-order valence-electron chi connectivity index (χ0n) is 15.3. The molecular weight excluding hydrogens is 390 g/mol. The smallest absolute Gasteiger partial charge is 0.247 e. The number of benzene rings is 1. The van der Waals surface area contributed by atoms with Gasteiger partial charge in [-0.2, -0.15) is 4.39 Å². The monoisotopic (exact) mass is 410 g/mol. The van der Waals surface area contributed by atoms with Crippen LogP contribution in [0.4, 0.5) is 20.2 Å². The van der Waals surface area contributed by atoms with Crippen LogP contribution in [0, 0.1) is 11.6 Å². The molecular formula is C18H20F2N4O3S. The minimum atomic E-state index is -1.14. The van der Waals surface area contributed by atoms with Gasteiger partial charge in [0.1, 0.15) is 11.1 Å². The zero-order valence-corrected chi connectivity index (χ0v) is 16.1. The Balaban J connectivity index is 1.85. The molecule has 3 rings (SSSR count). The topological polar surface area (TPSA) is 86.7 Å². The molecule has 2 aromatic rings. The van der Waals surface area contributed by atoms with Crippen LogP contribution in [0.25, 0.3) is 0 Å². The van der Waals surface area contributed by atoms with Crippen LogP contribution in [0.15, 0.2) is 35.5 Å². The van der Waals surface area contributed by atoms with Gasteiger partial charge in [-0.25, -0.2) is 9.37 Å². The molecule has 0 saturated carbocycles. The van der Waals surface area contributed by atoms with Crippen LogP contribution in [0.5, 0.6) is 5.75 Å². The number of amides is 1. The van der Waals surface area contributed by atoms with Crippen LogP contribution in [0.2, 0.25) is 0 Å². The minimum absolute atomic E-state index is 0.0940. The van der Waals surface area contributed by atoms with E-state index in [1.54, 1.807) is 25.4 Å². The molecule has 7 nitrogen and oxygen atoms in total. The van der Waals surface area contributed by atoms with Crippen LogP contribution < -0.4 is 19.7 Å². The Labute approximate surface area is 165 Å². The number of carbonyl (C=O) groups excluding carboxylic acids is 1. The number of ether oxygens (including phenoxy) is 1. The van der Waals surface area contributed by atoms with E-state index < -0.39 is 23.8 Å². The highest BCUT2D eigenvalue weighted by atomic mass is 32.2. The molecule has 150 valence electrons. The lowest BCUT2D eigenvalue weighted by Gasteiger charge is -2.27. The Kier molecular flexibility index (Phi) is 6.32. The number of carbonyl (C=O) groups is 1. The molecule has 10 heteroatoms. The maximum absolute atomic E-state index is 14.1. The summed E-state index contributed by atoms with van der Waals surface area (Å²) in [7, 11) is 2.98. The van der Waals surface area contributed by atoms with Gasteiger partial charge >= 0.3 is 0 Å². The van der Waals surface area contributed by atoms with Gasteiger partial charge in [0, 0.05) is 24.8 Å². The SMILES string of the molecule is CNSc1cc(NC(=O)C2CC(O)CN2c2ccc(F)c(F)c2OC)ccn1. The Morgan fingerprint density at radius 3 is 2.89 bits per heavy atom. The molecule has 1 aliphatic rings. The third-order valence-electron chi connectivity index (χ3n) is 4.33. The van der Waals surface area contributed by atoms with E-state index in [0.29, 0.717) is 10.7 Å². The second-order valence-electron chi connectivity index (χ2n) is 6.15. The first kappa shape index (κ1) is 20.3. The number of methoxy groups -OCH3 is 1. The predicted molar refractivity (Wildman–Crippen MR) is 102 cm³/mol. The molecule has 2 unspecified atom stereocenters. The standard InChI is InChI=1S/C18H20F2N4O3S/c1-21-28-15-7-10(5-6-22-15)23-18(26)14-8-11(25)9-24(14)13-4-3-12(19)16(20)17(13)27-2/h3-7,11,14,21,25H,8-9H2,1-2H3,(H,22,23,26). The highest BCUT2D eigenvalue weighted by molar-refractivity contribution is 7.97. The number of halogens is 2. The average molecular weight is 410 g/mol. The summed E-state index contributed by atoms with van der Waals surface area (Å²) in [6, 6.07) is 4.88. The van der Waals surface area contributed by atoms with Crippen molar-refractivity contribution >= 4 is 29.2 Å². The Morgan fingerprint density at radius 1 is 1.39 bits per heavy atom. The van der Waals surface area contributed by atoms with Crippen molar-refractivity contribution in [2.45, 2.75) is 23.6 Å². The first-order chi connectivity index (χ1) is 13.4. The molecule has 1 aromatic carbocycles. The molecule has 2 heterocycles. The Morgan fingerprint density at radius 2 is 2.18 bits per heavy atom. The number of aliphatic hydroxyl groups excluding tert-OH is 1. The van der Waals surface area contributed by atoms with Crippen LogP contribution in [-0.4, -0.2) is 48.8 Å². The van der Waals surface area contributed by atoms with Gasteiger partial charge in [-0.05, 0) is 43.3 Å². The minimum Gasteiger partial charge on any atom is -0.491 e. The van der Waals surface area contributed by atoms with E-state index >= 15 is 0 Å². The molecule has 1 aliphatic heterocycles. The van der Waals surface area contributed by atoms with Gasteiger partial charge in [0.05, 0.1) is 18.9 Å². The molecule has 28 heavy (non-hydrogen) atoms. The van der Waals surface area contributed by atoms with Crippen molar-refractivity contribution in [3.8, 4) is 5.75 Å². The highest BCUT2D eigenvalue weighted by Crippen LogP contribution is 2.37. The number of hydrogen-bond acceptors (Lipinski definition) is 7. The summed E-state index contributed by atoms with van der Waals surface area (Å²) in [5.74, 6) is -2.87. The fourth-order valence-electron chi connectivity index (χ4n) is 3.14. The Hall–Kier alpha value is -2.43. The van der Waals surface area contributed by atoms with Gasteiger partial charge < -0.3 is 20.1 Å². The van der Waals surface area contributed by atoms with Crippen molar-refractivity contribution in [3.05, 3.63) is 42.1 Å². The zero-order chi connectivity index (χ0) is 20.3. The van der Waals surface area contributed by atoms with Crippen LogP contribution in [0.3, 0.4) is 0 Å². The molecule has 0 radical (unpaired) electrons. The van der Waals surface area contributed by atoms with E-state index in [4.69, 9.17) is 4.74 Å². The van der Waals surface area contributed by atoms with Crippen LogP contribution in [-0.2, 0) is 4.79 Å². The first-order valence-corrected chi connectivity index (χ1v) is 9.33. The second-order valence-corrected chi connectivity index (χ2v) is 7.18. The molecule has 1 amide bonds. The normalized spacial score (nSPS) is 19.0. The lowest BCUT2D eigenvalue weighted by molar-refractivity contribution is -0.117. The van der Waals surface area contributed by atoms with E-state index in [1.807, 2.05) is 0 Å². The summed E-state index contributed by atoms with van der Waals surface area (Å²) < 4.78 is 35.5. The number of anilines is 2. The fourth-order valence-corrected chi connectivity index (χ4v) is 3.65. The molecule has 2 atom stereocenters. The van der Waals surface area contributed by atoms with Crippen molar-refractivity contribution in [3.63, 3.8) is 0 Å². The van der Waals surface area contributed by atoms with E-state index in [-0.39, 0.29) is 30.3 Å². The summed E-state index contributed by atoms with van der Waals surface area (Å²) in [4.78, 5) is 18.5. The summed E-state index contributed by atoms with van der Waals surface area (Å²) in [6.07, 6.45) is 0.924. The predicted octanol–water partition coefficient (Wildman–Crippen LogP) is 2.17. The number of aromatic nitrogens is 1. The van der Waals surface area contributed by atoms with Crippen molar-refractivity contribution in [1.29, 1.82) is 0 Å². The third kappa shape index (κ3) is 4.18. The number of hydrogen-bond donors (Lipinski definition) is 3. The van der Waals surface area contributed by atoms with E-state index in [0.717, 1.165) is 6.07 Å². The van der Waals surface area contributed by atoms with E-state index in [9.17, 15) is 18.7 Å². The van der Waals surface area contributed by atoms with Crippen molar-refractivity contribution in [1.82, 2.24) is 9.71 Å². The lowest BCUT2D eigenvalue weighted by Crippen LogP contribution is -2.40. The largest absolute Gasteiger partial charge is 0.491 e. The molecule has 0 aliphatic carbocycles. The third-order valence-corrected chi connectivity index (χ3v) is 4.97. The van der Waals surface area contributed by atoms with E-state index in [2.05, 4.69) is 15.0 Å². The van der Waals surface area contributed by atoms with Gasteiger partial charge in [0.2, 0.25) is 11.7 Å². The maximum atomic E-state index is 14.1. The highest BCUT2D eigenvalue weighted by Gasteiger charge is 2.38. The maximum Gasteiger partial charge on any atom is 0.247 e. The van der Waals surface area contributed by atoms with Crippen molar-refractivity contribution in [2.24, 2.45) is 0 Å². The van der Waals surface area contributed by atoms with Crippen LogP contribution >= 0.6 is 11.9 Å². The quantitative estimate of drug-likeness (QED) is 0.629. The number of pyridine rings is 1. The second kappa shape index (κ2) is 8.72. The number of rotatable bonds is 6. The number of nitrogens with zero attached hydrogens (tertiary/aromatic N) is 2. The van der Waals surface area contributed by atoms with Gasteiger partial charge in [0.25, 0.3) is 0 Å². The molecule has 1 saturated heterocycles. The molecule has 0 bridgehead atoms. The molecule has 1 fully saturated rings. The summed E-state index contributed by atoms with van der Waals surface area (Å²) in [5, 5.41) is 13.6. The van der Waals surface area contributed by atoms with E-state index in [1.165, 1.54) is 30.0 Å². The fraction of sp³-hybridized carbons (Fsp3) is 0.333. The Bertz CT molecular complexity index is 871. The number of aliphatic hydroxyl groups is 1. The average Bonchev–Trinajstić information content (AvgIpc) is 3.06. The lowest BCUT2D eigenvalue weighted by atomic mass is 10.1. The summed E-state index contributed by atoms with van der Waals surface area (Å²) in [5.41, 5.74) is 0.746. The molecule has 1 aromatic heterocycles. The molecule has 3 N–H and O–H groups in total. The first-order valence-electron chi connectivity index (χ1n) is 8.51. The number of nitrogens with one attached hydrogen (secondary N) is 2. The van der Waals surface area contributed by atoms with Gasteiger partial charge in [-0.15, -0.1) is 0 Å². The van der Waals surface area contributed by atoms with Gasteiger partial charge in [-0.3, -0.25) is 9.52 Å². The van der Waals surface area contributed by atoms with Crippen molar-refractivity contribution < 1.29 is 23.4 Å². The number of β-amino-alcohol motifs (C(OH)–C–C–N with tert-alkyl or cyclic N) is 1. The van der Waals surface area contributed by atoms with Gasteiger partial charge in [-0.1, -0.05) is 0 Å². The summed E-state index contributed by atoms with van der Waals surface area (Å²) in [6.45, 7) is 0.0940. The molecule has 0 spiro atoms. The van der Waals surface area contributed by atoms with Gasteiger partial charge in [0.15, 0.2) is 11.6 Å². The van der Waals surface area contributed by atoms with Crippen LogP contribution in [0.1, 0.15) is 6.42 Å².